The first kappa shape index (κ1) is 19.2. The summed E-state index contributed by atoms with van der Waals surface area (Å²) in [4.78, 5) is 24.1. The number of pyridine rings is 1. The van der Waals surface area contributed by atoms with Crippen LogP contribution in [-0.2, 0) is 6.54 Å². The second-order valence-electron chi connectivity index (χ2n) is 6.26. The highest BCUT2D eigenvalue weighted by atomic mass is 32.1. The molecule has 0 fully saturated rings. The molecule has 1 atom stereocenters. The molecule has 6 nitrogen and oxygen atoms in total. The normalized spacial score (nSPS) is 12.0. The molecule has 2 aromatic heterocycles. The van der Waals surface area contributed by atoms with E-state index in [-0.39, 0.29) is 12.1 Å². The molecule has 0 saturated carbocycles. The Kier molecular flexibility index (Phi) is 6.00. The minimum absolute atomic E-state index is 0.0808. The third-order valence-corrected chi connectivity index (χ3v) is 5.41. The van der Waals surface area contributed by atoms with E-state index in [0.717, 1.165) is 38.1 Å². The van der Waals surface area contributed by atoms with E-state index in [1.165, 1.54) is 0 Å². The van der Waals surface area contributed by atoms with Crippen molar-refractivity contribution in [3.05, 3.63) is 38.6 Å². The van der Waals surface area contributed by atoms with E-state index in [1.807, 2.05) is 34.6 Å². The molecule has 2 heterocycles. The average molecular weight is 362 g/mol. The van der Waals surface area contributed by atoms with Gasteiger partial charge in [-0.2, -0.15) is 0 Å². The summed E-state index contributed by atoms with van der Waals surface area (Å²) in [5.41, 5.74) is 3.75. The van der Waals surface area contributed by atoms with Crippen molar-refractivity contribution in [1.29, 1.82) is 0 Å². The SMILES string of the molecule is COc1c(C)cnc(CN(C)C(=O)N[C@@H](C)c2sc(C)nc2C)c1C. The second kappa shape index (κ2) is 7.82. The molecule has 2 amide bonds. The van der Waals surface area contributed by atoms with Crippen LogP contribution in [0.25, 0.3) is 0 Å². The van der Waals surface area contributed by atoms with E-state index in [9.17, 15) is 4.79 Å². The van der Waals surface area contributed by atoms with E-state index >= 15 is 0 Å². The van der Waals surface area contributed by atoms with Crippen LogP contribution in [-0.4, -0.2) is 35.1 Å². The summed E-state index contributed by atoms with van der Waals surface area (Å²) in [5.74, 6) is 0.822. The third-order valence-electron chi connectivity index (χ3n) is 4.16. The molecule has 0 saturated heterocycles. The molecular formula is C18H26N4O2S. The molecular weight excluding hydrogens is 336 g/mol. The molecule has 136 valence electrons. The Bertz CT molecular complexity index is 773. The van der Waals surface area contributed by atoms with Crippen molar-refractivity contribution >= 4 is 17.4 Å². The van der Waals surface area contributed by atoms with Crippen LogP contribution >= 0.6 is 11.3 Å². The molecule has 0 unspecified atom stereocenters. The quantitative estimate of drug-likeness (QED) is 0.881. The number of nitrogens with one attached hydrogen (secondary N) is 1. The number of methoxy groups -OCH3 is 1. The van der Waals surface area contributed by atoms with E-state index in [2.05, 4.69) is 15.3 Å². The average Bonchev–Trinajstić information content (AvgIpc) is 2.89. The Morgan fingerprint density at radius 1 is 1.36 bits per heavy atom. The lowest BCUT2D eigenvalue weighted by Crippen LogP contribution is -2.38. The number of carbonyl (C=O) groups excluding carboxylic acids is 1. The summed E-state index contributed by atoms with van der Waals surface area (Å²) in [6.45, 7) is 10.3. The molecule has 0 aromatic carbocycles. The molecule has 0 aliphatic carbocycles. The molecule has 0 radical (unpaired) electrons. The van der Waals surface area contributed by atoms with Gasteiger partial charge in [0.05, 0.1) is 36.1 Å². The molecule has 0 bridgehead atoms. The highest BCUT2D eigenvalue weighted by Crippen LogP contribution is 2.26. The van der Waals surface area contributed by atoms with Gasteiger partial charge in [-0.3, -0.25) is 4.98 Å². The summed E-state index contributed by atoms with van der Waals surface area (Å²) in [6.07, 6.45) is 1.78. The van der Waals surface area contributed by atoms with Gasteiger partial charge in [0.1, 0.15) is 5.75 Å². The van der Waals surface area contributed by atoms with Gasteiger partial charge in [0.2, 0.25) is 0 Å². The highest BCUT2D eigenvalue weighted by molar-refractivity contribution is 7.11. The first-order chi connectivity index (χ1) is 11.7. The van der Waals surface area contributed by atoms with Crippen molar-refractivity contribution in [3.8, 4) is 5.75 Å². The van der Waals surface area contributed by atoms with E-state index in [4.69, 9.17) is 4.74 Å². The van der Waals surface area contributed by atoms with Gasteiger partial charge in [-0.1, -0.05) is 0 Å². The van der Waals surface area contributed by atoms with Crippen LogP contribution in [0.2, 0.25) is 0 Å². The number of ether oxygens (including phenoxy) is 1. The standard InChI is InChI=1S/C18H26N4O2S/c1-10-8-19-15(11(2)16(10)24-7)9-22(6)18(23)21-13(4)17-12(3)20-14(5)25-17/h8,13H,9H2,1-7H3,(H,21,23)/t13-/m0/s1. The summed E-state index contributed by atoms with van der Waals surface area (Å²) in [6, 6.07) is -0.221. The van der Waals surface area contributed by atoms with Crippen LogP contribution < -0.4 is 10.1 Å². The number of aryl methyl sites for hydroxylation is 3. The number of aromatic nitrogens is 2. The van der Waals surface area contributed by atoms with Gasteiger partial charge < -0.3 is 15.0 Å². The molecule has 2 aromatic rings. The topological polar surface area (TPSA) is 67.3 Å². The number of thiazole rings is 1. The molecule has 0 spiro atoms. The predicted molar refractivity (Wildman–Crippen MR) is 100 cm³/mol. The third kappa shape index (κ3) is 4.28. The zero-order valence-electron chi connectivity index (χ0n) is 15.9. The minimum atomic E-state index is -0.140. The van der Waals surface area contributed by atoms with Gasteiger partial charge in [0.25, 0.3) is 0 Å². The number of carbonyl (C=O) groups is 1. The smallest absolute Gasteiger partial charge is 0.317 e. The summed E-state index contributed by atoms with van der Waals surface area (Å²) >= 11 is 1.62. The Morgan fingerprint density at radius 2 is 2.04 bits per heavy atom. The van der Waals surface area contributed by atoms with Gasteiger partial charge >= 0.3 is 6.03 Å². The molecule has 0 aliphatic rings. The number of amides is 2. The van der Waals surface area contributed by atoms with Crippen LogP contribution in [0.15, 0.2) is 6.20 Å². The van der Waals surface area contributed by atoms with Crippen molar-refractivity contribution in [2.45, 2.75) is 47.2 Å². The fourth-order valence-electron chi connectivity index (χ4n) is 2.84. The van der Waals surface area contributed by atoms with Crippen molar-refractivity contribution in [3.63, 3.8) is 0 Å². The van der Waals surface area contributed by atoms with Crippen LogP contribution in [0, 0.1) is 27.7 Å². The lowest BCUT2D eigenvalue weighted by molar-refractivity contribution is 0.203. The molecule has 7 heteroatoms. The first-order valence-electron chi connectivity index (χ1n) is 8.19. The maximum Gasteiger partial charge on any atom is 0.317 e. The second-order valence-corrected chi connectivity index (χ2v) is 7.49. The van der Waals surface area contributed by atoms with Crippen LogP contribution in [0.1, 0.15) is 45.4 Å². The fraction of sp³-hybridized carbons (Fsp3) is 0.500. The zero-order chi connectivity index (χ0) is 18.7. The van der Waals surface area contributed by atoms with Gasteiger partial charge in [-0.05, 0) is 34.6 Å². The zero-order valence-corrected chi connectivity index (χ0v) is 16.7. The molecule has 2 rings (SSSR count). The maximum absolute atomic E-state index is 12.5. The maximum atomic E-state index is 12.5. The van der Waals surface area contributed by atoms with E-state index in [0.29, 0.717) is 6.54 Å². The molecule has 25 heavy (non-hydrogen) atoms. The van der Waals surface area contributed by atoms with Crippen LogP contribution in [0.4, 0.5) is 4.79 Å². The van der Waals surface area contributed by atoms with Gasteiger partial charge in [0.15, 0.2) is 0 Å². The van der Waals surface area contributed by atoms with Crippen molar-refractivity contribution in [2.75, 3.05) is 14.2 Å². The number of nitrogens with zero attached hydrogens (tertiary/aromatic N) is 3. The molecule has 0 aliphatic heterocycles. The first-order valence-corrected chi connectivity index (χ1v) is 9.00. The lowest BCUT2D eigenvalue weighted by Gasteiger charge is -2.22. The Balaban J connectivity index is 2.07. The van der Waals surface area contributed by atoms with Crippen LogP contribution in [0.3, 0.4) is 0 Å². The van der Waals surface area contributed by atoms with Crippen LogP contribution in [0.5, 0.6) is 5.75 Å². The van der Waals surface area contributed by atoms with Gasteiger partial charge in [-0.15, -0.1) is 11.3 Å². The summed E-state index contributed by atoms with van der Waals surface area (Å²) in [7, 11) is 3.41. The van der Waals surface area contributed by atoms with Gasteiger partial charge in [-0.25, -0.2) is 9.78 Å². The fourth-order valence-corrected chi connectivity index (χ4v) is 3.77. The summed E-state index contributed by atoms with van der Waals surface area (Å²) in [5, 5.41) is 4.04. The lowest BCUT2D eigenvalue weighted by atomic mass is 10.1. The molecule has 1 N–H and O–H groups in total. The van der Waals surface area contributed by atoms with E-state index < -0.39 is 0 Å². The Hall–Kier alpha value is -2.15. The highest BCUT2D eigenvalue weighted by Gasteiger charge is 2.19. The minimum Gasteiger partial charge on any atom is -0.496 e. The number of hydrogen-bond donors (Lipinski definition) is 1. The predicted octanol–water partition coefficient (Wildman–Crippen LogP) is 3.68. The Morgan fingerprint density at radius 3 is 2.60 bits per heavy atom. The van der Waals surface area contributed by atoms with Crippen molar-refractivity contribution < 1.29 is 9.53 Å². The Labute approximate surface area is 153 Å². The monoisotopic (exact) mass is 362 g/mol. The number of urea groups is 1. The number of rotatable bonds is 5. The van der Waals surface area contributed by atoms with E-state index in [1.54, 1.807) is 36.6 Å². The van der Waals surface area contributed by atoms with Crippen molar-refractivity contribution in [2.24, 2.45) is 0 Å². The van der Waals surface area contributed by atoms with Crippen molar-refractivity contribution in [1.82, 2.24) is 20.2 Å². The summed E-state index contributed by atoms with van der Waals surface area (Å²) < 4.78 is 5.43. The number of hydrogen-bond acceptors (Lipinski definition) is 5. The van der Waals surface area contributed by atoms with Gasteiger partial charge in [0, 0.05) is 29.2 Å². The largest absolute Gasteiger partial charge is 0.496 e.